The van der Waals surface area contributed by atoms with Gasteiger partial charge in [-0.3, -0.25) is 0 Å². The lowest BCUT2D eigenvalue weighted by Crippen LogP contribution is -2.13. The second-order valence-electron chi connectivity index (χ2n) is 5.99. The van der Waals surface area contributed by atoms with Crippen LogP contribution < -0.4 is 10.1 Å². The minimum absolute atomic E-state index is 0.267. The fourth-order valence-corrected chi connectivity index (χ4v) is 2.74. The molecule has 25 heavy (non-hydrogen) atoms. The Hall–Kier alpha value is -1.98. The van der Waals surface area contributed by atoms with Crippen LogP contribution in [0.15, 0.2) is 36.4 Å². The summed E-state index contributed by atoms with van der Waals surface area (Å²) in [7, 11) is 0. The Morgan fingerprint density at radius 3 is 2.04 bits per heavy atom. The van der Waals surface area contributed by atoms with Crippen molar-refractivity contribution in [3.63, 3.8) is 0 Å². The van der Waals surface area contributed by atoms with Crippen molar-refractivity contribution in [1.82, 2.24) is 5.32 Å². The molecule has 3 nitrogen and oxygen atoms in total. The van der Waals surface area contributed by atoms with E-state index in [1.54, 1.807) is 13.8 Å². The lowest BCUT2D eigenvalue weighted by atomic mass is 10.1. The van der Waals surface area contributed by atoms with Gasteiger partial charge in [0.05, 0.1) is 6.61 Å². The van der Waals surface area contributed by atoms with E-state index in [1.165, 1.54) is 5.56 Å². The summed E-state index contributed by atoms with van der Waals surface area (Å²) in [4.78, 5) is 0. The Morgan fingerprint density at radius 2 is 1.48 bits per heavy atom. The third-order valence-corrected chi connectivity index (χ3v) is 3.88. The van der Waals surface area contributed by atoms with Crippen molar-refractivity contribution >= 4 is 0 Å². The number of hydrogen-bond acceptors (Lipinski definition) is 3. The van der Waals surface area contributed by atoms with Crippen LogP contribution in [0.1, 0.15) is 34.7 Å². The molecule has 0 aliphatic heterocycles. The van der Waals surface area contributed by atoms with Gasteiger partial charge in [0.15, 0.2) is 0 Å². The Balaban J connectivity index is 1.89. The molecule has 0 atom stereocenters. The average molecular weight is 349 g/mol. The molecule has 2 aromatic rings. The Morgan fingerprint density at radius 1 is 0.920 bits per heavy atom. The van der Waals surface area contributed by atoms with Gasteiger partial charge >= 0.3 is 6.61 Å². The molecular weight excluding hydrogens is 324 g/mol. The zero-order valence-electron chi connectivity index (χ0n) is 14.9. The summed E-state index contributed by atoms with van der Waals surface area (Å²) in [5.74, 6) is 0.267. The number of halogens is 2. The predicted molar refractivity (Wildman–Crippen MR) is 94.9 cm³/mol. The van der Waals surface area contributed by atoms with Gasteiger partial charge in [0, 0.05) is 19.7 Å². The van der Waals surface area contributed by atoms with E-state index in [0.29, 0.717) is 19.8 Å². The van der Waals surface area contributed by atoms with E-state index in [9.17, 15) is 8.78 Å². The van der Waals surface area contributed by atoms with E-state index in [2.05, 4.69) is 34.3 Å². The molecule has 0 heterocycles. The molecule has 0 aromatic heterocycles. The van der Waals surface area contributed by atoms with Crippen LogP contribution in [0.2, 0.25) is 0 Å². The Labute approximate surface area is 148 Å². The number of aryl methyl sites for hydroxylation is 2. The van der Waals surface area contributed by atoms with Gasteiger partial charge in [0.2, 0.25) is 0 Å². The van der Waals surface area contributed by atoms with Crippen LogP contribution in [0.4, 0.5) is 8.78 Å². The molecule has 0 fully saturated rings. The highest BCUT2D eigenvalue weighted by atomic mass is 19.3. The second-order valence-corrected chi connectivity index (χ2v) is 5.99. The lowest BCUT2D eigenvalue weighted by molar-refractivity contribution is -0.0507. The van der Waals surface area contributed by atoms with Crippen LogP contribution in [0.25, 0.3) is 0 Å². The molecule has 2 rings (SSSR count). The molecule has 0 radical (unpaired) electrons. The summed E-state index contributed by atoms with van der Waals surface area (Å²) in [6, 6.07) is 12.1. The molecule has 0 aliphatic carbocycles. The summed E-state index contributed by atoms with van der Waals surface area (Å²) >= 11 is 0. The predicted octanol–water partition coefficient (Wildman–Crippen LogP) is 4.73. The van der Waals surface area contributed by atoms with E-state index >= 15 is 0 Å². The molecule has 2 aromatic carbocycles. The van der Waals surface area contributed by atoms with E-state index in [1.807, 2.05) is 19.1 Å². The molecular formula is C20H25F2NO2. The van der Waals surface area contributed by atoms with E-state index in [4.69, 9.17) is 4.74 Å². The zero-order chi connectivity index (χ0) is 18.2. The van der Waals surface area contributed by atoms with E-state index < -0.39 is 6.61 Å². The molecule has 1 N–H and O–H groups in total. The third kappa shape index (κ3) is 6.11. The molecule has 0 bridgehead atoms. The van der Waals surface area contributed by atoms with Crippen molar-refractivity contribution in [3.8, 4) is 5.75 Å². The van der Waals surface area contributed by atoms with Crippen molar-refractivity contribution in [3.05, 3.63) is 64.2 Å². The summed E-state index contributed by atoms with van der Waals surface area (Å²) in [5.41, 5.74) is 4.83. The van der Waals surface area contributed by atoms with Crippen LogP contribution >= 0.6 is 0 Å². The first-order chi connectivity index (χ1) is 12.0. The molecule has 0 amide bonds. The number of nitrogens with one attached hydrogen (secondary N) is 1. The van der Waals surface area contributed by atoms with Gasteiger partial charge in [0.25, 0.3) is 0 Å². The Bertz CT molecular complexity index is 649. The number of ether oxygens (including phenoxy) is 2. The maximum Gasteiger partial charge on any atom is 0.387 e. The van der Waals surface area contributed by atoms with Gasteiger partial charge in [-0.15, -0.1) is 0 Å². The smallest absolute Gasteiger partial charge is 0.387 e. The fraction of sp³-hybridized carbons (Fsp3) is 0.400. The number of benzene rings is 2. The largest absolute Gasteiger partial charge is 0.434 e. The zero-order valence-corrected chi connectivity index (χ0v) is 14.9. The average Bonchev–Trinajstić information content (AvgIpc) is 2.57. The maximum atomic E-state index is 12.4. The van der Waals surface area contributed by atoms with Crippen LogP contribution in [0, 0.1) is 13.8 Å². The molecule has 5 heteroatoms. The number of rotatable bonds is 9. The van der Waals surface area contributed by atoms with Crippen LogP contribution in [-0.4, -0.2) is 13.2 Å². The standard InChI is InChI=1S/C20H25F2NO2/c1-4-24-13-17-7-5-16(6-8-17)11-23-12-18-9-14(2)19(15(3)10-18)25-20(21)22/h5-10,20,23H,4,11-13H2,1-3H3. The summed E-state index contributed by atoms with van der Waals surface area (Å²) in [5, 5.41) is 3.38. The molecule has 0 aliphatic rings. The van der Waals surface area contributed by atoms with Gasteiger partial charge in [0.1, 0.15) is 5.75 Å². The normalized spacial score (nSPS) is 11.1. The molecule has 0 unspecified atom stereocenters. The minimum atomic E-state index is -2.80. The maximum absolute atomic E-state index is 12.4. The van der Waals surface area contributed by atoms with Gasteiger partial charge in [-0.05, 0) is 48.6 Å². The molecule has 136 valence electrons. The van der Waals surface area contributed by atoms with Gasteiger partial charge in [-0.25, -0.2) is 0 Å². The Kier molecular flexibility index (Phi) is 7.34. The first-order valence-corrected chi connectivity index (χ1v) is 8.40. The van der Waals surface area contributed by atoms with Gasteiger partial charge in [-0.2, -0.15) is 8.78 Å². The van der Waals surface area contributed by atoms with E-state index in [-0.39, 0.29) is 5.75 Å². The topological polar surface area (TPSA) is 30.5 Å². The fourth-order valence-electron chi connectivity index (χ4n) is 2.74. The van der Waals surface area contributed by atoms with Crippen molar-refractivity contribution in [2.45, 2.75) is 47.1 Å². The highest BCUT2D eigenvalue weighted by molar-refractivity contribution is 5.43. The first-order valence-electron chi connectivity index (χ1n) is 8.40. The summed E-state index contributed by atoms with van der Waals surface area (Å²) in [6.45, 7) is 5.50. The second kappa shape index (κ2) is 9.49. The molecule has 0 saturated carbocycles. The highest BCUT2D eigenvalue weighted by Crippen LogP contribution is 2.26. The van der Waals surface area contributed by atoms with Crippen molar-refractivity contribution < 1.29 is 18.3 Å². The van der Waals surface area contributed by atoms with Crippen molar-refractivity contribution in [2.24, 2.45) is 0 Å². The summed E-state index contributed by atoms with van der Waals surface area (Å²) in [6.07, 6.45) is 0. The van der Waals surface area contributed by atoms with Gasteiger partial charge in [-0.1, -0.05) is 36.4 Å². The van der Waals surface area contributed by atoms with Crippen LogP contribution in [0.3, 0.4) is 0 Å². The third-order valence-electron chi connectivity index (χ3n) is 3.88. The SMILES string of the molecule is CCOCc1ccc(CNCc2cc(C)c(OC(F)F)c(C)c2)cc1. The van der Waals surface area contributed by atoms with Gasteiger partial charge < -0.3 is 14.8 Å². The van der Waals surface area contributed by atoms with Crippen molar-refractivity contribution in [2.75, 3.05) is 6.61 Å². The first kappa shape index (κ1) is 19.3. The molecule has 0 saturated heterocycles. The van der Waals surface area contributed by atoms with Crippen LogP contribution in [-0.2, 0) is 24.4 Å². The van der Waals surface area contributed by atoms with Crippen LogP contribution in [0.5, 0.6) is 5.75 Å². The van der Waals surface area contributed by atoms with Crippen molar-refractivity contribution in [1.29, 1.82) is 0 Å². The van der Waals surface area contributed by atoms with E-state index in [0.717, 1.165) is 28.8 Å². The monoisotopic (exact) mass is 349 g/mol. The lowest BCUT2D eigenvalue weighted by Gasteiger charge is -2.14. The number of alkyl halides is 2. The number of hydrogen-bond donors (Lipinski definition) is 1. The summed E-state index contributed by atoms with van der Waals surface area (Å²) < 4.78 is 34.8. The molecule has 0 spiro atoms. The quantitative estimate of drug-likeness (QED) is 0.710. The highest BCUT2D eigenvalue weighted by Gasteiger charge is 2.11. The minimum Gasteiger partial charge on any atom is -0.434 e.